The molecule has 0 bridgehead atoms. The molecule has 1 nitrogen and oxygen atoms in total. The number of halogens is 2. The largest absolute Gasteiger partial charge is 0.384 e. The molecule has 1 aromatic heterocycles. The highest BCUT2D eigenvalue weighted by molar-refractivity contribution is 9.12. The minimum Gasteiger partial charge on any atom is -0.384 e. The van der Waals surface area contributed by atoms with Crippen molar-refractivity contribution < 1.29 is 5.11 Å². The Hall–Kier alpha value is -0.680. The van der Waals surface area contributed by atoms with Gasteiger partial charge in [0.2, 0.25) is 0 Å². The van der Waals surface area contributed by atoms with E-state index in [0.717, 1.165) is 31.5 Å². The van der Waals surface area contributed by atoms with Crippen molar-refractivity contribution >= 4 is 54.0 Å². The molecule has 1 aliphatic carbocycles. The summed E-state index contributed by atoms with van der Waals surface area (Å²) in [7, 11) is 0. The van der Waals surface area contributed by atoms with E-state index in [1.165, 1.54) is 21.9 Å². The summed E-state index contributed by atoms with van der Waals surface area (Å²) in [6, 6.07) is 12.7. The standard InChI is InChI=1S/C17H12Br2OS/c18-14-8-13(17(19)21-14)16(20)12-7-6-10-5-4-9-2-1-3-11(12)15(9)10/h1-3,6-8,16,20H,4-5H2. The van der Waals surface area contributed by atoms with E-state index < -0.39 is 6.10 Å². The normalized spacial score (nSPS) is 14.8. The van der Waals surface area contributed by atoms with Gasteiger partial charge in [-0.1, -0.05) is 30.3 Å². The third kappa shape index (κ3) is 2.20. The van der Waals surface area contributed by atoms with Crippen LogP contribution in [0.2, 0.25) is 0 Å². The summed E-state index contributed by atoms with van der Waals surface area (Å²) in [6.45, 7) is 0. The summed E-state index contributed by atoms with van der Waals surface area (Å²) in [5, 5.41) is 13.4. The molecule has 2 aromatic carbocycles. The quantitative estimate of drug-likeness (QED) is 0.568. The molecule has 0 radical (unpaired) electrons. The van der Waals surface area contributed by atoms with Gasteiger partial charge in [0.1, 0.15) is 6.10 Å². The van der Waals surface area contributed by atoms with E-state index in [0.29, 0.717) is 0 Å². The van der Waals surface area contributed by atoms with Crippen LogP contribution in [-0.2, 0) is 12.8 Å². The number of hydrogen-bond donors (Lipinski definition) is 1. The molecule has 1 heterocycles. The Balaban J connectivity index is 1.94. The summed E-state index contributed by atoms with van der Waals surface area (Å²) in [6.07, 6.45) is 1.62. The predicted molar refractivity (Wildman–Crippen MR) is 95.1 cm³/mol. The molecule has 0 spiro atoms. The van der Waals surface area contributed by atoms with Gasteiger partial charge >= 0.3 is 0 Å². The maximum absolute atomic E-state index is 10.8. The summed E-state index contributed by atoms with van der Waals surface area (Å²) in [5.74, 6) is 0. The van der Waals surface area contributed by atoms with Gasteiger partial charge in [-0.3, -0.25) is 0 Å². The highest BCUT2D eigenvalue weighted by Gasteiger charge is 2.22. The molecular weight excluding hydrogens is 412 g/mol. The molecular formula is C17H12Br2OS. The molecule has 1 N–H and O–H groups in total. The second-order valence-electron chi connectivity index (χ2n) is 5.34. The molecule has 0 aliphatic heterocycles. The SMILES string of the molecule is OC(c1cc(Br)sc1Br)c1ccc2c3c(cccc13)CC2. The van der Waals surface area contributed by atoms with Crippen molar-refractivity contribution in [1.29, 1.82) is 0 Å². The minimum absolute atomic E-state index is 0.605. The Kier molecular flexibility index (Phi) is 3.45. The van der Waals surface area contributed by atoms with Crippen molar-refractivity contribution in [3.05, 3.63) is 66.2 Å². The number of aryl methyl sites for hydroxylation is 2. The molecule has 0 fully saturated rings. The van der Waals surface area contributed by atoms with Crippen LogP contribution in [0.3, 0.4) is 0 Å². The first-order chi connectivity index (χ1) is 10.1. The Labute approximate surface area is 143 Å². The van der Waals surface area contributed by atoms with E-state index in [1.54, 1.807) is 11.3 Å². The highest BCUT2D eigenvalue weighted by atomic mass is 79.9. The minimum atomic E-state index is -0.605. The van der Waals surface area contributed by atoms with Crippen molar-refractivity contribution in [3.8, 4) is 0 Å². The lowest BCUT2D eigenvalue weighted by Crippen LogP contribution is -2.00. The number of rotatable bonds is 2. The van der Waals surface area contributed by atoms with Crippen LogP contribution in [0.1, 0.15) is 28.4 Å². The fourth-order valence-electron chi connectivity index (χ4n) is 3.21. The van der Waals surface area contributed by atoms with E-state index in [9.17, 15) is 5.11 Å². The lowest BCUT2D eigenvalue weighted by molar-refractivity contribution is 0.221. The van der Waals surface area contributed by atoms with Gasteiger partial charge in [0.15, 0.2) is 0 Å². The maximum atomic E-state index is 10.8. The molecule has 106 valence electrons. The Morgan fingerprint density at radius 2 is 1.76 bits per heavy atom. The van der Waals surface area contributed by atoms with E-state index in [2.05, 4.69) is 62.2 Å². The average molecular weight is 424 g/mol. The first-order valence-electron chi connectivity index (χ1n) is 6.81. The third-order valence-electron chi connectivity index (χ3n) is 4.18. The first-order valence-corrected chi connectivity index (χ1v) is 9.21. The number of aliphatic hydroxyl groups is 1. The summed E-state index contributed by atoms with van der Waals surface area (Å²) < 4.78 is 2.00. The Bertz CT molecular complexity index is 843. The van der Waals surface area contributed by atoms with Crippen molar-refractivity contribution in [2.75, 3.05) is 0 Å². The Morgan fingerprint density at radius 1 is 1.00 bits per heavy atom. The number of hydrogen-bond acceptors (Lipinski definition) is 2. The van der Waals surface area contributed by atoms with E-state index in [1.807, 2.05) is 6.07 Å². The number of benzene rings is 2. The van der Waals surface area contributed by atoms with Crippen LogP contribution < -0.4 is 0 Å². The molecule has 1 atom stereocenters. The topological polar surface area (TPSA) is 20.2 Å². The molecule has 4 rings (SSSR count). The highest BCUT2D eigenvalue weighted by Crippen LogP contribution is 2.41. The van der Waals surface area contributed by atoms with Crippen molar-refractivity contribution in [2.45, 2.75) is 18.9 Å². The summed E-state index contributed by atoms with van der Waals surface area (Å²) >= 11 is 8.62. The molecule has 3 aromatic rings. The number of aliphatic hydroxyl groups excluding tert-OH is 1. The first kappa shape index (κ1) is 13.9. The summed E-state index contributed by atoms with van der Waals surface area (Å²) in [4.78, 5) is 0. The van der Waals surface area contributed by atoms with E-state index >= 15 is 0 Å². The van der Waals surface area contributed by atoms with Gasteiger partial charge in [0, 0.05) is 5.56 Å². The van der Waals surface area contributed by atoms with Gasteiger partial charge in [0.05, 0.1) is 7.57 Å². The fraction of sp³-hybridized carbons (Fsp3) is 0.176. The number of thiophene rings is 1. The zero-order chi connectivity index (χ0) is 14.6. The third-order valence-corrected chi connectivity index (χ3v) is 6.57. The second kappa shape index (κ2) is 5.20. The van der Waals surface area contributed by atoms with Crippen LogP contribution in [0.5, 0.6) is 0 Å². The van der Waals surface area contributed by atoms with Crippen molar-refractivity contribution in [1.82, 2.24) is 0 Å². The van der Waals surface area contributed by atoms with E-state index in [4.69, 9.17) is 0 Å². The van der Waals surface area contributed by atoms with Crippen LogP contribution in [-0.4, -0.2) is 5.11 Å². The molecule has 0 saturated heterocycles. The van der Waals surface area contributed by atoms with Crippen LogP contribution in [0.4, 0.5) is 0 Å². The molecule has 0 amide bonds. The monoisotopic (exact) mass is 422 g/mol. The molecule has 1 aliphatic rings. The molecule has 0 saturated carbocycles. The zero-order valence-corrected chi connectivity index (χ0v) is 15.1. The predicted octanol–water partition coefficient (Wildman–Crippen LogP) is 5.61. The second-order valence-corrected chi connectivity index (χ2v) is 9.09. The molecule has 21 heavy (non-hydrogen) atoms. The van der Waals surface area contributed by atoms with Crippen LogP contribution in [0, 0.1) is 0 Å². The van der Waals surface area contributed by atoms with Gasteiger partial charge in [0.25, 0.3) is 0 Å². The van der Waals surface area contributed by atoms with Crippen molar-refractivity contribution in [2.24, 2.45) is 0 Å². The lowest BCUT2D eigenvalue weighted by atomic mass is 9.94. The zero-order valence-electron chi connectivity index (χ0n) is 11.1. The van der Waals surface area contributed by atoms with Gasteiger partial charge in [-0.05, 0) is 78.2 Å². The summed E-state index contributed by atoms with van der Waals surface area (Å²) in [5.41, 5.74) is 4.72. The van der Waals surface area contributed by atoms with Gasteiger partial charge in [-0.2, -0.15) is 0 Å². The lowest BCUT2D eigenvalue weighted by Gasteiger charge is -2.15. The fourth-order valence-corrected chi connectivity index (χ4v) is 6.10. The molecule has 4 heteroatoms. The van der Waals surface area contributed by atoms with Gasteiger partial charge < -0.3 is 5.11 Å². The Morgan fingerprint density at radius 3 is 2.48 bits per heavy atom. The van der Waals surface area contributed by atoms with Crippen molar-refractivity contribution in [3.63, 3.8) is 0 Å². The van der Waals surface area contributed by atoms with Gasteiger partial charge in [-0.25, -0.2) is 0 Å². The van der Waals surface area contributed by atoms with Crippen LogP contribution >= 0.6 is 43.2 Å². The van der Waals surface area contributed by atoms with E-state index in [-0.39, 0.29) is 0 Å². The van der Waals surface area contributed by atoms with Crippen LogP contribution in [0.25, 0.3) is 10.8 Å². The van der Waals surface area contributed by atoms with Crippen LogP contribution in [0.15, 0.2) is 44.0 Å². The smallest absolute Gasteiger partial charge is 0.107 e. The molecule has 1 unspecified atom stereocenters. The maximum Gasteiger partial charge on any atom is 0.107 e. The average Bonchev–Trinajstić information content (AvgIpc) is 3.04. The van der Waals surface area contributed by atoms with Gasteiger partial charge in [-0.15, -0.1) is 11.3 Å².